The van der Waals surface area contributed by atoms with Crippen LogP contribution >= 0.6 is 0 Å². The minimum Gasteiger partial charge on any atom is -0.465 e. The molecule has 0 amide bonds. The van der Waals surface area contributed by atoms with Crippen molar-refractivity contribution in [2.24, 2.45) is 5.73 Å². The number of methoxy groups -OCH3 is 1. The highest BCUT2D eigenvalue weighted by Crippen LogP contribution is 2.12. The molecule has 0 aromatic carbocycles. The molecule has 0 heterocycles. The average molecular weight is 167 g/mol. The molecule has 0 aromatic heterocycles. The lowest BCUT2D eigenvalue weighted by atomic mass is 10.0. The highest BCUT2D eigenvalue weighted by molar-refractivity contribution is 6.06. The quantitative estimate of drug-likeness (QED) is 0.554. The molecular weight excluding hydrogens is 158 g/mol. The second kappa shape index (κ2) is 3.21. The summed E-state index contributed by atoms with van der Waals surface area (Å²) in [4.78, 5) is 21.9. The van der Waals surface area contributed by atoms with Crippen LogP contribution in [0.1, 0.15) is 6.42 Å². The van der Waals surface area contributed by atoms with Gasteiger partial charge in [-0.1, -0.05) is 6.08 Å². The molecule has 0 aromatic rings. The molecule has 0 saturated heterocycles. The number of Topliss-reactive ketones (excluding diaryl/α,β-unsaturated/α-hetero) is 1. The zero-order valence-electron chi connectivity index (χ0n) is 6.66. The van der Waals surface area contributed by atoms with Crippen molar-refractivity contribution in [1.82, 2.24) is 0 Å². The third-order valence-electron chi connectivity index (χ3n) is 1.58. The standard InChI is InChI=1S/C8H9NO3/c1-12-8(11)5-3-2-4-6(10)7(5)9/h2-3H,4,9H2,1H3. The van der Waals surface area contributed by atoms with Crippen LogP contribution in [0.3, 0.4) is 0 Å². The summed E-state index contributed by atoms with van der Waals surface area (Å²) in [5.41, 5.74) is 5.51. The van der Waals surface area contributed by atoms with E-state index in [0.29, 0.717) is 0 Å². The van der Waals surface area contributed by atoms with Crippen molar-refractivity contribution in [3.8, 4) is 0 Å². The van der Waals surface area contributed by atoms with Gasteiger partial charge in [0.2, 0.25) is 0 Å². The largest absolute Gasteiger partial charge is 0.465 e. The van der Waals surface area contributed by atoms with Gasteiger partial charge in [-0.05, 0) is 6.08 Å². The van der Waals surface area contributed by atoms with Gasteiger partial charge < -0.3 is 10.5 Å². The second-order valence-electron chi connectivity index (χ2n) is 2.35. The molecule has 0 aliphatic heterocycles. The molecule has 0 saturated carbocycles. The van der Waals surface area contributed by atoms with Crippen LogP contribution in [0, 0.1) is 0 Å². The number of carbonyl (C=O) groups excluding carboxylic acids is 2. The fraction of sp³-hybridized carbons (Fsp3) is 0.250. The number of esters is 1. The normalized spacial score (nSPS) is 16.6. The summed E-state index contributed by atoms with van der Waals surface area (Å²) in [6.45, 7) is 0. The van der Waals surface area contributed by atoms with Crippen LogP contribution in [-0.4, -0.2) is 18.9 Å². The van der Waals surface area contributed by atoms with E-state index in [-0.39, 0.29) is 23.5 Å². The van der Waals surface area contributed by atoms with Crippen LogP contribution in [0.15, 0.2) is 23.4 Å². The molecule has 0 atom stereocenters. The lowest BCUT2D eigenvalue weighted by molar-refractivity contribution is -0.136. The third-order valence-corrected chi connectivity index (χ3v) is 1.58. The molecule has 0 fully saturated rings. The highest BCUT2D eigenvalue weighted by Gasteiger charge is 2.19. The minimum atomic E-state index is -0.572. The van der Waals surface area contributed by atoms with E-state index in [4.69, 9.17) is 5.73 Å². The smallest absolute Gasteiger partial charge is 0.340 e. The Hall–Kier alpha value is -1.58. The van der Waals surface area contributed by atoms with Crippen molar-refractivity contribution in [1.29, 1.82) is 0 Å². The number of hydrogen-bond acceptors (Lipinski definition) is 4. The molecule has 1 aliphatic carbocycles. The molecule has 0 spiro atoms. The van der Waals surface area contributed by atoms with Gasteiger partial charge in [-0.2, -0.15) is 0 Å². The fourth-order valence-electron chi connectivity index (χ4n) is 0.922. The Morgan fingerprint density at radius 1 is 1.67 bits per heavy atom. The Morgan fingerprint density at radius 2 is 2.33 bits per heavy atom. The van der Waals surface area contributed by atoms with E-state index >= 15 is 0 Å². The van der Waals surface area contributed by atoms with Crippen LogP contribution < -0.4 is 5.73 Å². The third kappa shape index (κ3) is 1.37. The second-order valence-corrected chi connectivity index (χ2v) is 2.35. The van der Waals surface area contributed by atoms with Gasteiger partial charge in [0.25, 0.3) is 0 Å². The Labute approximate surface area is 69.7 Å². The molecule has 0 radical (unpaired) electrons. The number of nitrogens with two attached hydrogens (primary N) is 1. The van der Waals surface area contributed by atoms with Crippen molar-refractivity contribution in [2.75, 3.05) is 7.11 Å². The first-order valence-corrected chi connectivity index (χ1v) is 3.44. The SMILES string of the molecule is COC(=O)C1=C(N)C(=O)CC=C1. The van der Waals surface area contributed by atoms with E-state index in [2.05, 4.69) is 4.74 Å². The predicted molar refractivity (Wildman–Crippen MR) is 42.0 cm³/mol. The number of carbonyl (C=O) groups is 2. The van der Waals surface area contributed by atoms with E-state index in [1.807, 2.05) is 0 Å². The summed E-state index contributed by atoms with van der Waals surface area (Å²) < 4.78 is 4.43. The van der Waals surface area contributed by atoms with E-state index in [1.54, 1.807) is 6.08 Å². The summed E-state index contributed by atoms with van der Waals surface area (Å²) in [5.74, 6) is -0.810. The van der Waals surface area contributed by atoms with Crippen LogP contribution in [0.4, 0.5) is 0 Å². The molecule has 12 heavy (non-hydrogen) atoms. The van der Waals surface area contributed by atoms with Gasteiger partial charge >= 0.3 is 5.97 Å². The van der Waals surface area contributed by atoms with Crippen molar-refractivity contribution in [3.05, 3.63) is 23.4 Å². The average Bonchev–Trinajstić information content (AvgIpc) is 2.08. The van der Waals surface area contributed by atoms with Gasteiger partial charge in [0.1, 0.15) is 0 Å². The summed E-state index contributed by atoms with van der Waals surface area (Å²) in [5, 5.41) is 0. The highest BCUT2D eigenvalue weighted by atomic mass is 16.5. The first-order valence-electron chi connectivity index (χ1n) is 3.44. The molecule has 64 valence electrons. The Morgan fingerprint density at radius 3 is 2.92 bits per heavy atom. The van der Waals surface area contributed by atoms with E-state index in [1.165, 1.54) is 13.2 Å². The number of ketones is 1. The van der Waals surface area contributed by atoms with Gasteiger partial charge in [-0.15, -0.1) is 0 Å². The number of hydrogen-bond donors (Lipinski definition) is 1. The zero-order valence-corrected chi connectivity index (χ0v) is 6.66. The predicted octanol–water partition coefficient (Wildman–Crippen LogP) is -0.0988. The number of allylic oxidation sites excluding steroid dienone is 2. The molecule has 0 unspecified atom stereocenters. The maximum atomic E-state index is 11.0. The van der Waals surface area contributed by atoms with Crippen molar-refractivity contribution >= 4 is 11.8 Å². The van der Waals surface area contributed by atoms with Crippen LogP contribution in [0.25, 0.3) is 0 Å². The Kier molecular flexibility index (Phi) is 2.28. The van der Waals surface area contributed by atoms with E-state index in [9.17, 15) is 9.59 Å². The van der Waals surface area contributed by atoms with Crippen molar-refractivity contribution in [3.63, 3.8) is 0 Å². The molecule has 1 rings (SSSR count). The molecule has 4 nitrogen and oxygen atoms in total. The van der Waals surface area contributed by atoms with Gasteiger partial charge in [0.05, 0.1) is 18.4 Å². The lowest BCUT2D eigenvalue weighted by Crippen LogP contribution is -2.20. The molecule has 4 heteroatoms. The minimum absolute atomic E-state index is 0.00986. The number of ether oxygens (including phenoxy) is 1. The lowest BCUT2D eigenvalue weighted by Gasteiger charge is -2.08. The van der Waals surface area contributed by atoms with Gasteiger partial charge in [-0.3, -0.25) is 4.79 Å². The van der Waals surface area contributed by atoms with Crippen LogP contribution in [0.5, 0.6) is 0 Å². The Balaban J connectivity index is 3.01. The Bertz CT molecular complexity index is 289. The first kappa shape index (κ1) is 8.52. The van der Waals surface area contributed by atoms with Crippen LogP contribution in [0.2, 0.25) is 0 Å². The van der Waals surface area contributed by atoms with Gasteiger partial charge in [0, 0.05) is 6.42 Å². The topological polar surface area (TPSA) is 69.4 Å². The molecular formula is C8H9NO3. The van der Waals surface area contributed by atoms with Crippen molar-refractivity contribution in [2.45, 2.75) is 6.42 Å². The van der Waals surface area contributed by atoms with Gasteiger partial charge in [0.15, 0.2) is 5.78 Å². The summed E-state index contributed by atoms with van der Waals surface area (Å²) in [7, 11) is 1.25. The maximum Gasteiger partial charge on any atom is 0.340 e. The van der Waals surface area contributed by atoms with E-state index in [0.717, 1.165) is 0 Å². The zero-order chi connectivity index (χ0) is 9.14. The fourth-order valence-corrected chi connectivity index (χ4v) is 0.922. The summed E-state index contributed by atoms with van der Waals surface area (Å²) in [6.07, 6.45) is 3.35. The molecule has 1 aliphatic rings. The van der Waals surface area contributed by atoms with E-state index < -0.39 is 5.97 Å². The maximum absolute atomic E-state index is 11.0. The molecule has 0 bridgehead atoms. The summed E-state index contributed by atoms with van der Waals surface area (Å²) >= 11 is 0. The van der Waals surface area contributed by atoms with Crippen LogP contribution in [-0.2, 0) is 14.3 Å². The monoisotopic (exact) mass is 167 g/mol. The first-order chi connectivity index (χ1) is 5.66. The number of rotatable bonds is 1. The van der Waals surface area contributed by atoms with Gasteiger partial charge in [-0.25, -0.2) is 4.79 Å². The van der Waals surface area contributed by atoms with Crippen molar-refractivity contribution < 1.29 is 14.3 Å². The summed E-state index contributed by atoms with van der Waals surface area (Å²) in [6, 6.07) is 0. The molecule has 2 N–H and O–H groups in total.